The fourth-order valence-electron chi connectivity index (χ4n) is 1.10. The molecule has 1 aliphatic carbocycles. The maximum atomic E-state index is 8.07. The Morgan fingerprint density at radius 3 is 2.67 bits per heavy atom. The van der Waals surface area contributed by atoms with Crippen molar-refractivity contribution in [3.63, 3.8) is 0 Å². The lowest BCUT2D eigenvalue weighted by Gasteiger charge is -2.14. The molecular formula is C6H10N3. The van der Waals surface area contributed by atoms with Gasteiger partial charge in [0.2, 0.25) is 0 Å². The summed E-state index contributed by atoms with van der Waals surface area (Å²) >= 11 is 0. The summed E-state index contributed by atoms with van der Waals surface area (Å²) < 4.78 is 0. The van der Waals surface area contributed by atoms with E-state index in [1.807, 2.05) is 0 Å². The Morgan fingerprint density at radius 1 is 1.44 bits per heavy atom. The Balaban J connectivity index is 2.31. The van der Waals surface area contributed by atoms with Crippen molar-refractivity contribution in [2.45, 2.75) is 31.7 Å². The van der Waals surface area contributed by atoms with Gasteiger partial charge in [-0.05, 0) is 37.6 Å². The Morgan fingerprint density at radius 2 is 2.11 bits per heavy atom. The zero-order chi connectivity index (χ0) is 6.53. The topological polar surface area (TPSA) is 48.8 Å². The van der Waals surface area contributed by atoms with Crippen LogP contribution >= 0.6 is 0 Å². The molecule has 3 nitrogen and oxygen atoms in total. The number of hydrogen-bond donors (Lipinski definition) is 0. The number of rotatable bonds is 1. The highest BCUT2D eigenvalue weighted by Gasteiger charge is 2.10. The van der Waals surface area contributed by atoms with Gasteiger partial charge in [0.05, 0.1) is 0 Å². The normalized spacial score (nSPS) is 20.9. The predicted octanol–water partition coefficient (Wildman–Crippen LogP) is 2.44. The molecule has 0 spiro atoms. The van der Waals surface area contributed by atoms with Gasteiger partial charge in [-0.1, -0.05) is 5.11 Å². The van der Waals surface area contributed by atoms with Crippen molar-refractivity contribution in [3.8, 4) is 0 Å². The van der Waals surface area contributed by atoms with Crippen molar-refractivity contribution < 1.29 is 0 Å². The molecule has 0 N–H and O–H groups in total. The average molecular weight is 124 g/mol. The molecule has 9 heavy (non-hydrogen) atoms. The van der Waals surface area contributed by atoms with Crippen LogP contribution in [0.2, 0.25) is 0 Å². The third-order valence-corrected chi connectivity index (χ3v) is 1.62. The van der Waals surface area contributed by atoms with E-state index in [-0.39, 0.29) is 6.04 Å². The van der Waals surface area contributed by atoms with Crippen LogP contribution in [0.15, 0.2) is 5.11 Å². The third-order valence-electron chi connectivity index (χ3n) is 1.62. The van der Waals surface area contributed by atoms with Crippen LogP contribution in [-0.4, -0.2) is 6.04 Å². The van der Waals surface area contributed by atoms with Crippen LogP contribution in [0.3, 0.4) is 0 Å². The SMILES string of the molecule is [N-]=[N+]=NC1CC[CH]CC1. The molecule has 1 aliphatic rings. The zero-order valence-corrected chi connectivity index (χ0v) is 5.32. The third kappa shape index (κ3) is 1.94. The molecule has 1 saturated carbocycles. The first-order valence-corrected chi connectivity index (χ1v) is 3.29. The van der Waals surface area contributed by atoms with E-state index in [1.165, 1.54) is 0 Å². The molecule has 0 bridgehead atoms. The molecule has 0 amide bonds. The molecule has 0 heterocycles. The first-order chi connectivity index (χ1) is 4.43. The fourth-order valence-corrected chi connectivity index (χ4v) is 1.10. The summed E-state index contributed by atoms with van der Waals surface area (Å²) in [5.74, 6) is 0. The van der Waals surface area contributed by atoms with Gasteiger partial charge in [0, 0.05) is 11.0 Å². The van der Waals surface area contributed by atoms with E-state index in [2.05, 4.69) is 16.4 Å². The molecule has 0 atom stereocenters. The van der Waals surface area contributed by atoms with E-state index in [1.54, 1.807) is 0 Å². The van der Waals surface area contributed by atoms with Crippen LogP contribution < -0.4 is 0 Å². The Hall–Kier alpha value is -0.690. The maximum absolute atomic E-state index is 8.07. The lowest BCUT2D eigenvalue weighted by atomic mass is 9.96. The number of nitrogens with zero attached hydrogens (tertiary/aromatic N) is 3. The van der Waals surface area contributed by atoms with E-state index < -0.39 is 0 Å². The van der Waals surface area contributed by atoms with Gasteiger partial charge < -0.3 is 0 Å². The highest BCUT2D eigenvalue weighted by molar-refractivity contribution is 4.80. The van der Waals surface area contributed by atoms with Crippen LogP contribution in [0.25, 0.3) is 10.4 Å². The van der Waals surface area contributed by atoms with Gasteiger partial charge in [-0.3, -0.25) is 0 Å². The van der Waals surface area contributed by atoms with Crippen molar-refractivity contribution in [2.75, 3.05) is 0 Å². The molecule has 0 aromatic carbocycles. The highest BCUT2D eigenvalue weighted by atomic mass is 15.1. The van der Waals surface area contributed by atoms with E-state index >= 15 is 0 Å². The molecule has 0 aromatic heterocycles. The minimum absolute atomic E-state index is 0.278. The van der Waals surface area contributed by atoms with Crippen molar-refractivity contribution in [1.29, 1.82) is 0 Å². The average Bonchev–Trinajstić information content (AvgIpc) is 1.91. The van der Waals surface area contributed by atoms with E-state index in [9.17, 15) is 0 Å². The first-order valence-electron chi connectivity index (χ1n) is 3.29. The Labute approximate surface area is 54.7 Å². The highest BCUT2D eigenvalue weighted by Crippen LogP contribution is 2.19. The Kier molecular flexibility index (Phi) is 2.40. The predicted molar refractivity (Wildman–Crippen MR) is 35.7 cm³/mol. The van der Waals surface area contributed by atoms with Gasteiger partial charge in [0.25, 0.3) is 0 Å². The lowest BCUT2D eigenvalue weighted by Crippen LogP contribution is -2.08. The second kappa shape index (κ2) is 3.36. The van der Waals surface area contributed by atoms with Crippen molar-refractivity contribution in [2.24, 2.45) is 5.11 Å². The summed E-state index contributed by atoms with van der Waals surface area (Å²) in [6, 6.07) is 0.278. The standard InChI is InChI=1S/C6H10N3/c7-9-8-6-4-2-1-3-5-6/h1,6H,2-5H2. The van der Waals surface area contributed by atoms with Crippen LogP contribution in [0, 0.1) is 6.42 Å². The summed E-state index contributed by atoms with van der Waals surface area (Å²) in [5, 5.41) is 3.64. The smallest absolute Gasteiger partial charge is 0.0374 e. The summed E-state index contributed by atoms with van der Waals surface area (Å²) in [7, 11) is 0. The minimum Gasteiger partial charge on any atom is -0.0906 e. The second-order valence-corrected chi connectivity index (χ2v) is 2.30. The summed E-state index contributed by atoms with van der Waals surface area (Å²) in [5.41, 5.74) is 8.07. The van der Waals surface area contributed by atoms with Crippen molar-refractivity contribution >= 4 is 0 Å². The molecule has 0 unspecified atom stereocenters. The monoisotopic (exact) mass is 124 g/mol. The second-order valence-electron chi connectivity index (χ2n) is 2.30. The molecule has 1 fully saturated rings. The Bertz CT molecular complexity index is 120. The maximum Gasteiger partial charge on any atom is 0.0374 e. The molecule has 49 valence electrons. The molecular weight excluding hydrogens is 114 g/mol. The molecule has 3 heteroatoms. The van der Waals surface area contributed by atoms with Crippen molar-refractivity contribution in [1.82, 2.24) is 0 Å². The quantitative estimate of drug-likeness (QED) is 0.293. The van der Waals surface area contributed by atoms with Crippen LogP contribution in [-0.2, 0) is 0 Å². The van der Waals surface area contributed by atoms with Gasteiger partial charge in [-0.15, -0.1) is 0 Å². The van der Waals surface area contributed by atoms with Gasteiger partial charge in [-0.25, -0.2) is 0 Å². The van der Waals surface area contributed by atoms with Crippen LogP contribution in [0.1, 0.15) is 25.7 Å². The summed E-state index contributed by atoms with van der Waals surface area (Å²) in [6.07, 6.45) is 6.57. The molecule has 0 saturated heterocycles. The van der Waals surface area contributed by atoms with E-state index in [4.69, 9.17) is 5.53 Å². The van der Waals surface area contributed by atoms with Gasteiger partial charge >= 0.3 is 0 Å². The van der Waals surface area contributed by atoms with Crippen LogP contribution in [0.4, 0.5) is 0 Å². The number of hydrogen-bond acceptors (Lipinski definition) is 1. The summed E-state index contributed by atoms with van der Waals surface area (Å²) in [6.45, 7) is 0. The van der Waals surface area contributed by atoms with Gasteiger partial charge in [-0.2, -0.15) is 0 Å². The van der Waals surface area contributed by atoms with Crippen molar-refractivity contribution in [3.05, 3.63) is 16.9 Å². The molecule has 1 rings (SSSR count). The fraction of sp³-hybridized carbons (Fsp3) is 0.833. The van der Waals surface area contributed by atoms with Gasteiger partial charge in [0.15, 0.2) is 0 Å². The molecule has 1 radical (unpaired) electrons. The minimum atomic E-state index is 0.278. The molecule has 0 aromatic rings. The summed E-state index contributed by atoms with van der Waals surface area (Å²) in [4.78, 5) is 2.77. The lowest BCUT2D eigenvalue weighted by molar-refractivity contribution is 0.505. The molecule has 0 aliphatic heterocycles. The van der Waals surface area contributed by atoms with Crippen LogP contribution in [0.5, 0.6) is 0 Å². The largest absolute Gasteiger partial charge is 0.0906 e. The van der Waals surface area contributed by atoms with E-state index in [0.29, 0.717) is 0 Å². The van der Waals surface area contributed by atoms with E-state index in [0.717, 1.165) is 25.7 Å². The zero-order valence-electron chi connectivity index (χ0n) is 5.32. The number of azide groups is 1. The van der Waals surface area contributed by atoms with Gasteiger partial charge in [0.1, 0.15) is 0 Å². The first kappa shape index (κ1) is 6.43.